The monoisotopic (exact) mass is 424 g/mol. The summed E-state index contributed by atoms with van der Waals surface area (Å²) >= 11 is 6.09. The second-order valence-corrected chi connectivity index (χ2v) is 6.82. The number of carbonyl (C=O) groups is 2. The van der Waals surface area contributed by atoms with Crippen molar-refractivity contribution in [1.82, 2.24) is 0 Å². The summed E-state index contributed by atoms with van der Waals surface area (Å²) < 4.78 is 10.4. The Morgan fingerprint density at radius 1 is 0.900 bits per heavy atom. The summed E-state index contributed by atoms with van der Waals surface area (Å²) in [6.45, 7) is -0.0454. The third-order valence-corrected chi connectivity index (χ3v) is 4.57. The molecule has 3 rings (SSSR count). The highest BCUT2D eigenvalue weighted by molar-refractivity contribution is 6.31. The summed E-state index contributed by atoms with van der Waals surface area (Å²) in [5, 5.41) is 6.23. The van der Waals surface area contributed by atoms with Gasteiger partial charge in [-0.1, -0.05) is 41.9 Å². The summed E-state index contributed by atoms with van der Waals surface area (Å²) in [6, 6.07) is 18.9. The molecule has 0 saturated heterocycles. The van der Waals surface area contributed by atoms with Gasteiger partial charge in [0.05, 0.1) is 20.8 Å². The van der Waals surface area contributed by atoms with Crippen LogP contribution in [-0.2, 0) is 4.79 Å². The van der Waals surface area contributed by atoms with Crippen molar-refractivity contribution < 1.29 is 19.1 Å². The Morgan fingerprint density at radius 2 is 1.57 bits per heavy atom. The lowest BCUT2D eigenvalue weighted by Crippen LogP contribution is -2.22. The largest absolute Gasteiger partial charge is 0.497 e. The number of ketones is 1. The van der Waals surface area contributed by atoms with Crippen LogP contribution in [-0.4, -0.2) is 32.5 Å². The van der Waals surface area contributed by atoms with E-state index in [4.69, 9.17) is 21.1 Å². The van der Waals surface area contributed by atoms with E-state index in [0.717, 1.165) is 0 Å². The molecule has 7 heteroatoms. The molecule has 0 aromatic heterocycles. The van der Waals surface area contributed by atoms with Gasteiger partial charge in [-0.25, -0.2) is 0 Å². The Kier molecular flexibility index (Phi) is 6.93. The lowest BCUT2D eigenvalue weighted by atomic mass is 10.0. The maximum Gasteiger partial charge on any atom is 0.243 e. The highest BCUT2D eigenvalue weighted by Crippen LogP contribution is 2.26. The number of ether oxygens (including phenoxy) is 2. The van der Waals surface area contributed by atoms with E-state index in [2.05, 4.69) is 10.6 Å². The van der Waals surface area contributed by atoms with Crippen LogP contribution in [0.1, 0.15) is 15.9 Å². The summed E-state index contributed by atoms with van der Waals surface area (Å²) in [7, 11) is 3.07. The number of halogens is 1. The first-order valence-electron chi connectivity index (χ1n) is 9.16. The second-order valence-electron chi connectivity index (χ2n) is 6.39. The van der Waals surface area contributed by atoms with Crippen LogP contribution in [0.25, 0.3) is 0 Å². The average molecular weight is 425 g/mol. The van der Waals surface area contributed by atoms with Crippen molar-refractivity contribution in [3.63, 3.8) is 0 Å². The number of nitrogens with one attached hydrogen (secondary N) is 2. The van der Waals surface area contributed by atoms with E-state index in [0.29, 0.717) is 39.0 Å². The molecule has 154 valence electrons. The van der Waals surface area contributed by atoms with Gasteiger partial charge in [-0.2, -0.15) is 0 Å². The predicted octanol–water partition coefficient (Wildman–Crippen LogP) is 4.64. The molecule has 3 aromatic rings. The van der Waals surface area contributed by atoms with Gasteiger partial charge in [0, 0.05) is 45.7 Å². The molecule has 0 atom stereocenters. The van der Waals surface area contributed by atoms with Gasteiger partial charge in [0.2, 0.25) is 5.91 Å². The van der Waals surface area contributed by atoms with E-state index in [1.807, 2.05) is 6.07 Å². The van der Waals surface area contributed by atoms with Crippen LogP contribution in [0.4, 0.5) is 11.4 Å². The van der Waals surface area contributed by atoms with E-state index >= 15 is 0 Å². The van der Waals surface area contributed by atoms with Gasteiger partial charge >= 0.3 is 0 Å². The summed E-state index contributed by atoms with van der Waals surface area (Å²) in [4.78, 5) is 25.3. The van der Waals surface area contributed by atoms with Crippen LogP contribution >= 0.6 is 11.6 Å². The van der Waals surface area contributed by atoms with Crippen LogP contribution in [0.5, 0.6) is 11.5 Å². The molecule has 0 saturated carbocycles. The van der Waals surface area contributed by atoms with E-state index in [9.17, 15) is 9.59 Å². The van der Waals surface area contributed by atoms with Gasteiger partial charge in [0.1, 0.15) is 11.5 Å². The third-order valence-electron chi connectivity index (χ3n) is 4.34. The Morgan fingerprint density at radius 3 is 2.20 bits per heavy atom. The molecule has 30 heavy (non-hydrogen) atoms. The number of hydrogen-bond acceptors (Lipinski definition) is 5. The molecule has 3 aromatic carbocycles. The molecular weight excluding hydrogens is 404 g/mol. The normalized spacial score (nSPS) is 10.2. The van der Waals surface area contributed by atoms with E-state index in [-0.39, 0.29) is 18.2 Å². The first-order chi connectivity index (χ1) is 14.5. The maximum atomic E-state index is 12.9. The van der Waals surface area contributed by atoms with Crippen LogP contribution < -0.4 is 20.1 Å². The minimum absolute atomic E-state index is 0.0454. The van der Waals surface area contributed by atoms with Crippen LogP contribution in [0.15, 0.2) is 66.7 Å². The fourth-order valence-corrected chi connectivity index (χ4v) is 3.04. The standard InChI is InChI=1S/C23H21ClN2O4/c1-29-18-11-17(12-19(13-18)30-2)26-22(27)14-25-21-9-8-16(24)10-20(21)23(28)15-6-4-3-5-7-15/h3-13,25H,14H2,1-2H3,(H,26,27). The lowest BCUT2D eigenvalue weighted by molar-refractivity contribution is -0.114. The molecule has 0 fully saturated rings. The van der Waals surface area contributed by atoms with E-state index in [1.54, 1.807) is 60.7 Å². The lowest BCUT2D eigenvalue weighted by Gasteiger charge is -2.13. The van der Waals surface area contributed by atoms with Crippen molar-refractivity contribution >= 4 is 34.7 Å². The zero-order chi connectivity index (χ0) is 21.5. The molecular formula is C23H21ClN2O4. The molecule has 2 N–H and O–H groups in total. The van der Waals surface area contributed by atoms with Gasteiger partial charge in [-0.15, -0.1) is 0 Å². The molecule has 0 radical (unpaired) electrons. The fourth-order valence-electron chi connectivity index (χ4n) is 2.86. The Labute approximate surface area is 179 Å². The first-order valence-corrected chi connectivity index (χ1v) is 9.54. The number of amides is 1. The first kappa shape index (κ1) is 21.2. The smallest absolute Gasteiger partial charge is 0.243 e. The molecule has 0 aliphatic rings. The zero-order valence-corrected chi connectivity index (χ0v) is 17.3. The van der Waals surface area contributed by atoms with Crippen LogP contribution in [0.3, 0.4) is 0 Å². The number of benzene rings is 3. The van der Waals surface area contributed by atoms with E-state index < -0.39 is 0 Å². The Hall–Kier alpha value is -3.51. The van der Waals surface area contributed by atoms with Crippen molar-refractivity contribution in [2.24, 2.45) is 0 Å². The van der Waals surface area contributed by atoms with E-state index in [1.165, 1.54) is 14.2 Å². The summed E-state index contributed by atoms with van der Waals surface area (Å²) in [5.41, 5.74) is 1.99. The number of rotatable bonds is 8. The SMILES string of the molecule is COc1cc(NC(=O)CNc2ccc(Cl)cc2C(=O)c2ccccc2)cc(OC)c1. The van der Waals surface area contributed by atoms with Gasteiger partial charge in [0.25, 0.3) is 0 Å². The van der Waals surface area contributed by atoms with Crippen LogP contribution in [0, 0.1) is 0 Å². The Bertz CT molecular complexity index is 1030. The highest BCUT2D eigenvalue weighted by atomic mass is 35.5. The molecule has 1 amide bonds. The summed E-state index contributed by atoms with van der Waals surface area (Å²) in [6.07, 6.45) is 0. The fraction of sp³-hybridized carbons (Fsp3) is 0.130. The number of anilines is 2. The van der Waals surface area contributed by atoms with Crippen LogP contribution in [0.2, 0.25) is 5.02 Å². The quantitative estimate of drug-likeness (QED) is 0.515. The minimum Gasteiger partial charge on any atom is -0.497 e. The molecule has 0 heterocycles. The molecule has 6 nitrogen and oxygen atoms in total. The van der Waals surface area contributed by atoms with Gasteiger partial charge in [0.15, 0.2) is 5.78 Å². The number of methoxy groups -OCH3 is 2. The maximum absolute atomic E-state index is 12.9. The van der Waals surface area contributed by atoms with Crippen molar-refractivity contribution in [2.75, 3.05) is 31.4 Å². The topological polar surface area (TPSA) is 76.7 Å². The van der Waals surface area contributed by atoms with Crippen molar-refractivity contribution in [1.29, 1.82) is 0 Å². The molecule has 0 unspecified atom stereocenters. The van der Waals surface area contributed by atoms with Crippen molar-refractivity contribution in [3.05, 3.63) is 82.9 Å². The number of hydrogen-bond donors (Lipinski definition) is 2. The third kappa shape index (κ3) is 5.30. The summed E-state index contributed by atoms with van der Waals surface area (Å²) in [5.74, 6) is 0.647. The second kappa shape index (κ2) is 9.80. The van der Waals surface area contributed by atoms with Gasteiger partial charge in [-0.05, 0) is 18.2 Å². The van der Waals surface area contributed by atoms with Gasteiger partial charge in [-0.3, -0.25) is 9.59 Å². The van der Waals surface area contributed by atoms with Crippen molar-refractivity contribution in [3.8, 4) is 11.5 Å². The predicted molar refractivity (Wildman–Crippen MR) is 118 cm³/mol. The molecule has 0 aliphatic heterocycles. The molecule has 0 bridgehead atoms. The highest BCUT2D eigenvalue weighted by Gasteiger charge is 2.15. The molecule has 0 spiro atoms. The number of carbonyl (C=O) groups excluding carboxylic acids is 2. The Balaban J connectivity index is 1.73. The average Bonchev–Trinajstić information content (AvgIpc) is 2.77. The van der Waals surface area contributed by atoms with Crippen molar-refractivity contribution in [2.45, 2.75) is 0 Å². The van der Waals surface area contributed by atoms with Gasteiger partial charge < -0.3 is 20.1 Å². The molecule has 0 aliphatic carbocycles. The minimum atomic E-state index is -0.293. The zero-order valence-electron chi connectivity index (χ0n) is 16.6.